The molecule has 2 rings (SSSR count). The third-order valence-electron chi connectivity index (χ3n) is 6.39. The highest BCUT2D eigenvalue weighted by Gasteiger charge is 2.54. The molecule has 4 nitrogen and oxygen atoms in total. The lowest BCUT2D eigenvalue weighted by atomic mass is 9.67. The Kier molecular flexibility index (Phi) is 6.11. The Morgan fingerprint density at radius 1 is 1.08 bits per heavy atom. The molecule has 0 N–H and O–H groups in total. The molecule has 0 aromatic heterocycles. The first kappa shape index (κ1) is 19.0. The summed E-state index contributed by atoms with van der Waals surface area (Å²) in [4.78, 5) is 29.8. The molecular formula is C20H34N2O2. The molecule has 0 aromatic rings. The van der Waals surface area contributed by atoms with Crippen molar-refractivity contribution in [3.63, 3.8) is 0 Å². The molecule has 2 aliphatic rings. The summed E-state index contributed by atoms with van der Waals surface area (Å²) in [7, 11) is 0. The topological polar surface area (TPSA) is 40.6 Å². The summed E-state index contributed by atoms with van der Waals surface area (Å²) in [6.45, 7) is 13.2. The van der Waals surface area contributed by atoms with Crippen LogP contribution in [0.1, 0.15) is 53.9 Å². The molecule has 0 aliphatic heterocycles. The first-order valence-corrected chi connectivity index (χ1v) is 9.69. The predicted molar refractivity (Wildman–Crippen MR) is 97.4 cm³/mol. The van der Waals surface area contributed by atoms with Crippen molar-refractivity contribution < 1.29 is 9.59 Å². The van der Waals surface area contributed by atoms with Crippen LogP contribution < -0.4 is 0 Å². The second-order valence-electron chi connectivity index (χ2n) is 7.41. The summed E-state index contributed by atoms with van der Waals surface area (Å²) >= 11 is 0. The standard InChI is InChI=1S/C20H34N2O2/c1-6-21(7-2)18(23)13-17(19(24)22(8-3)9-4)20-11-10-16(14-20)12-15(20)5/h10-11,15-17H,6-9,12-14H2,1-5H3. The zero-order valence-electron chi connectivity index (χ0n) is 16.0. The van der Waals surface area contributed by atoms with E-state index < -0.39 is 0 Å². The molecule has 24 heavy (non-hydrogen) atoms. The van der Waals surface area contributed by atoms with Crippen molar-refractivity contribution in [1.82, 2.24) is 9.80 Å². The highest BCUT2D eigenvalue weighted by molar-refractivity contribution is 5.87. The van der Waals surface area contributed by atoms with E-state index in [1.165, 1.54) is 0 Å². The Balaban J connectivity index is 2.30. The van der Waals surface area contributed by atoms with Crippen LogP contribution in [0.2, 0.25) is 0 Å². The van der Waals surface area contributed by atoms with Gasteiger partial charge in [0, 0.05) is 38.0 Å². The molecule has 2 bridgehead atoms. The Hall–Kier alpha value is -1.32. The van der Waals surface area contributed by atoms with Gasteiger partial charge in [0.05, 0.1) is 5.92 Å². The largest absolute Gasteiger partial charge is 0.343 e. The van der Waals surface area contributed by atoms with Crippen LogP contribution in [-0.4, -0.2) is 47.8 Å². The Morgan fingerprint density at radius 2 is 1.67 bits per heavy atom. The van der Waals surface area contributed by atoms with E-state index in [4.69, 9.17) is 0 Å². The number of fused-ring (bicyclic) bond motifs is 2. The number of carbonyl (C=O) groups is 2. The maximum absolute atomic E-state index is 13.3. The van der Waals surface area contributed by atoms with Gasteiger partial charge in [-0.1, -0.05) is 19.1 Å². The first-order chi connectivity index (χ1) is 11.4. The van der Waals surface area contributed by atoms with Crippen molar-refractivity contribution in [1.29, 1.82) is 0 Å². The van der Waals surface area contributed by atoms with Gasteiger partial charge in [0.1, 0.15) is 0 Å². The number of allylic oxidation sites excluding steroid dienone is 2. The molecule has 4 unspecified atom stereocenters. The van der Waals surface area contributed by atoms with E-state index in [0.717, 1.165) is 12.8 Å². The molecular weight excluding hydrogens is 300 g/mol. The van der Waals surface area contributed by atoms with Crippen LogP contribution in [-0.2, 0) is 9.59 Å². The number of hydrogen-bond acceptors (Lipinski definition) is 2. The molecule has 1 saturated carbocycles. The molecule has 0 aromatic carbocycles. The molecule has 4 heteroatoms. The van der Waals surface area contributed by atoms with E-state index in [2.05, 4.69) is 19.1 Å². The highest BCUT2D eigenvalue weighted by atomic mass is 16.2. The highest BCUT2D eigenvalue weighted by Crippen LogP contribution is 2.58. The number of carbonyl (C=O) groups excluding carboxylic acids is 2. The second-order valence-corrected chi connectivity index (χ2v) is 7.41. The number of nitrogens with zero attached hydrogens (tertiary/aromatic N) is 2. The fraction of sp³-hybridized carbons (Fsp3) is 0.800. The molecule has 136 valence electrons. The van der Waals surface area contributed by atoms with Gasteiger partial charge in [0.15, 0.2) is 0 Å². The van der Waals surface area contributed by atoms with Gasteiger partial charge in [-0.25, -0.2) is 0 Å². The van der Waals surface area contributed by atoms with Gasteiger partial charge in [0.25, 0.3) is 0 Å². The van der Waals surface area contributed by atoms with Crippen LogP contribution >= 0.6 is 0 Å². The monoisotopic (exact) mass is 334 g/mol. The van der Waals surface area contributed by atoms with Gasteiger partial charge in [0.2, 0.25) is 11.8 Å². The number of rotatable bonds is 8. The normalized spacial score (nSPS) is 28.9. The molecule has 1 fully saturated rings. The summed E-state index contributed by atoms with van der Waals surface area (Å²) in [5.41, 5.74) is -0.118. The SMILES string of the molecule is CCN(CC)C(=O)CC(C(=O)N(CC)CC)C12C=CC(CC1C)C2. The van der Waals surface area contributed by atoms with Gasteiger partial charge < -0.3 is 9.80 Å². The molecule has 2 aliphatic carbocycles. The third kappa shape index (κ3) is 3.25. The Morgan fingerprint density at radius 3 is 2.08 bits per heavy atom. The van der Waals surface area contributed by atoms with Crippen molar-refractivity contribution in [3.8, 4) is 0 Å². The van der Waals surface area contributed by atoms with E-state index in [-0.39, 0.29) is 23.1 Å². The lowest BCUT2D eigenvalue weighted by Crippen LogP contribution is -2.47. The molecule has 0 spiro atoms. The van der Waals surface area contributed by atoms with Gasteiger partial charge >= 0.3 is 0 Å². The summed E-state index contributed by atoms with van der Waals surface area (Å²) in [6, 6.07) is 0. The predicted octanol–water partition coefficient (Wildman–Crippen LogP) is 3.33. The van der Waals surface area contributed by atoms with Crippen LogP contribution in [0.5, 0.6) is 0 Å². The summed E-state index contributed by atoms with van der Waals surface area (Å²) in [5, 5.41) is 0. The average Bonchev–Trinajstić information content (AvgIpc) is 3.12. The van der Waals surface area contributed by atoms with Crippen molar-refractivity contribution in [2.45, 2.75) is 53.9 Å². The van der Waals surface area contributed by atoms with Crippen LogP contribution in [0.25, 0.3) is 0 Å². The van der Waals surface area contributed by atoms with Crippen molar-refractivity contribution in [3.05, 3.63) is 12.2 Å². The quantitative estimate of drug-likeness (QED) is 0.639. The van der Waals surface area contributed by atoms with Crippen LogP contribution in [0.3, 0.4) is 0 Å². The second kappa shape index (κ2) is 7.71. The third-order valence-corrected chi connectivity index (χ3v) is 6.39. The van der Waals surface area contributed by atoms with E-state index in [0.29, 0.717) is 44.4 Å². The zero-order chi connectivity index (χ0) is 17.9. The lowest BCUT2D eigenvalue weighted by molar-refractivity contribution is -0.145. The van der Waals surface area contributed by atoms with Gasteiger partial charge in [-0.3, -0.25) is 9.59 Å². The lowest BCUT2D eigenvalue weighted by Gasteiger charge is -2.40. The first-order valence-electron chi connectivity index (χ1n) is 9.69. The van der Waals surface area contributed by atoms with Crippen molar-refractivity contribution in [2.75, 3.05) is 26.2 Å². The Bertz CT molecular complexity index is 494. The molecule has 0 saturated heterocycles. The van der Waals surface area contributed by atoms with Gasteiger partial charge in [-0.15, -0.1) is 0 Å². The summed E-state index contributed by atoms with van der Waals surface area (Å²) < 4.78 is 0. The van der Waals surface area contributed by atoms with Crippen molar-refractivity contribution >= 4 is 11.8 Å². The molecule has 4 atom stereocenters. The minimum absolute atomic E-state index is 0.118. The van der Waals surface area contributed by atoms with E-state index >= 15 is 0 Å². The van der Waals surface area contributed by atoms with E-state index in [1.807, 2.05) is 37.5 Å². The fourth-order valence-electron chi connectivity index (χ4n) is 4.85. The van der Waals surface area contributed by atoms with Gasteiger partial charge in [-0.05, 0) is 52.4 Å². The van der Waals surface area contributed by atoms with Crippen molar-refractivity contribution in [2.24, 2.45) is 23.2 Å². The average molecular weight is 335 g/mol. The summed E-state index contributed by atoms with van der Waals surface area (Å²) in [6.07, 6.45) is 7.09. The maximum Gasteiger partial charge on any atom is 0.227 e. The smallest absolute Gasteiger partial charge is 0.227 e. The van der Waals surface area contributed by atoms with E-state index in [9.17, 15) is 9.59 Å². The van der Waals surface area contributed by atoms with Crippen LogP contribution in [0, 0.1) is 23.2 Å². The molecule has 2 amide bonds. The fourth-order valence-corrected chi connectivity index (χ4v) is 4.85. The molecule has 0 heterocycles. The van der Waals surface area contributed by atoms with Crippen LogP contribution in [0.15, 0.2) is 12.2 Å². The van der Waals surface area contributed by atoms with E-state index in [1.54, 1.807) is 0 Å². The minimum Gasteiger partial charge on any atom is -0.343 e. The zero-order valence-corrected chi connectivity index (χ0v) is 16.0. The summed E-state index contributed by atoms with van der Waals surface area (Å²) in [5.74, 6) is 1.14. The maximum atomic E-state index is 13.3. The molecule has 0 radical (unpaired) electrons. The van der Waals surface area contributed by atoms with Crippen LogP contribution in [0.4, 0.5) is 0 Å². The van der Waals surface area contributed by atoms with Gasteiger partial charge in [-0.2, -0.15) is 0 Å². The number of hydrogen-bond donors (Lipinski definition) is 0. The number of amides is 2. The Labute approximate surface area is 147 Å². The minimum atomic E-state index is -0.218.